The van der Waals surface area contributed by atoms with Gasteiger partial charge < -0.3 is 14.7 Å². The highest BCUT2D eigenvalue weighted by Gasteiger charge is 2.25. The molecule has 6 heteroatoms. The number of piperidine rings is 1. The van der Waals surface area contributed by atoms with Crippen LogP contribution in [-0.2, 0) is 0 Å². The molecular formula is C21H21NO5. The first-order valence-corrected chi connectivity index (χ1v) is 8.87. The minimum absolute atomic E-state index is 0.102. The quantitative estimate of drug-likeness (QED) is 0.794. The van der Waals surface area contributed by atoms with E-state index in [2.05, 4.69) is 0 Å². The highest BCUT2D eigenvalue weighted by Crippen LogP contribution is 2.27. The van der Waals surface area contributed by atoms with E-state index < -0.39 is 0 Å². The smallest absolute Gasteiger partial charge is 0.253 e. The van der Waals surface area contributed by atoms with E-state index in [1.807, 2.05) is 0 Å². The molecule has 0 radical (unpaired) electrons. The van der Waals surface area contributed by atoms with Crippen molar-refractivity contribution in [3.05, 3.63) is 59.2 Å². The van der Waals surface area contributed by atoms with Gasteiger partial charge in [-0.05, 0) is 37.1 Å². The highest BCUT2D eigenvalue weighted by molar-refractivity contribution is 5.95. The van der Waals surface area contributed by atoms with E-state index in [9.17, 15) is 19.5 Å². The minimum atomic E-state index is -0.113. The summed E-state index contributed by atoms with van der Waals surface area (Å²) in [5.74, 6) is 0.248. The molecule has 6 nitrogen and oxygen atoms in total. The molecule has 1 amide bonds. The molecule has 2 aromatic rings. The summed E-state index contributed by atoms with van der Waals surface area (Å²) in [7, 11) is 0. The highest BCUT2D eigenvalue weighted by atomic mass is 16.5. The first-order chi connectivity index (χ1) is 13.1. The number of hydrogen-bond acceptors (Lipinski definition) is 5. The van der Waals surface area contributed by atoms with Gasteiger partial charge in [0.15, 0.2) is 6.29 Å². The average Bonchev–Trinajstić information content (AvgIpc) is 2.72. The van der Waals surface area contributed by atoms with Crippen molar-refractivity contribution in [2.45, 2.75) is 12.8 Å². The first-order valence-electron chi connectivity index (χ1n) is 8.87. The van der Waals surface area contributed by atoms with Gasteiger partial charge in [0.2, 0.25) is 0 Å². The third-order valence-corrected chi connectivity index (χ3v) is 4.71. The molecule has 0 unspecified atom stereocenters. The normalized spacial score (nSPS) is 16.6. The van der Waals surface area contributed by atoms with Crippen molar-refractivity contribution in [3.63, 3.8) is 0 Å². The largest absolute Gasteiger partial charge is 0.507 e. The molecule has 1 atom stereocenters. The zero-order valence-electron chi connectivity index (χ0n) is 14.8. The van der Waals surface area contributed by atoms with E-state index in [0.717, 1.165) is 19.1 Å². The predicted molar refractivity (Wildman–Crippen MR) is 99.4 cm³/mol. The standard InChI is InChI=1S/C21H21NO5/c23-12-15-4-1-6-17(10-15)21(26)22-9-3-5-16(11-22)14-27-20-8-2-7-19(25)18(20)13-24/h1-2,4,6-8,10,12-13,16,25H,3,5,9,11,14H2/t16-/m0/s1. The van der Waals surface area contributed by atoms with Gasteiger partial charge in [0.1, 0.15) is 17.8 Å². The maximum Gasteiger partial charge on any atom is 0.253 e. The summed E-state index contributed by atoms with van der Waals surface area (Å²) < 4.78 is 5.74. The minimum Gasteiger partial charge on any atom is -0.507 e. The van der Waals surface area contributed by atoms with Gasteiger partial charge in [-0.15, -0.1) is 0 Å². The number of likely N-dealkylation sites (tertiary alicyclic amines) is 1. The van der Waals surface area contributed by atoms with Crippen LogP contribution in [0.3, 0.4) is 0 Å². The number of benzene rings is 2. The number of carbonyl (C=O) groups is 3. The van der Waals surface area contributed by atoms with Crippen molar-refractivity contribution in [1.29, 1.82) is 0 Å². The van der Waals surface area contributed by atoms with E-state index in [1.165, 1.54) is 6.07 Å². The van der Waals surface area contributed by atoms with E-state index >= 15 is 0 Å². The Morgan fingerprint density at radius 3 is 2.78 bits per heavy atom. The molecule has 27 heavy (non-hydrogen) atoms. The van der Waals surface area contributed by atoms with Gasteiger partial charge in [-0.1, -0.05) is 18.2 Å². The molecule has 1 aliphatic rings. The van der Waals surface area contributed by atoms with Crippen molar-refractivity contribution >= 4 is 18.5 Å². The van der Waals surface area contributed by atoms with E-state index in [4.69, 9.17) is 4.74 Å². The fourth-order valence-corrected chi connectivity index (χ4v) is 3.30. The number of rotatable bonds is 6. The van der Waals surface area contributed by atoms with Crippen LogP contribution >= 0.6 is 0 Å². The Hall–Kier alpha value is -3.15. The summed E-state index contributed by atoms with van der Waals surface area (Å²) in [5.41, 5.74) is 1.10. The Balaban J connectivity index is 1.64. The Morgan fingerprint density at radius 2 is 2.00 bits per heavy atom. The van der Waals surface area contributed by atoms with Crippen LogP contribution in [0.15, 0.2) is 42.5 Å². The van der Waals surface area contributed by atoms with Crippen LogP contribution in [0.4, 0.5) is 0 Å². The second kappa shape index (κ2) is 8.49. The third-order valence-electron chi connectivity index (χ3n) is 4.71. The summed E-state index contributed by atoms with van der Waals surface area (Å²) in [6, 6.07) is 11.4. The molecule has 140 valence electrons. The Morgan fingerprint density at radius 1 is 1.19 bits per heavy atom. The summed E-state index contributed by atoms with van der Waals surface area (Å²) in [6.07, 6.45) is 3.06. The maximum absolute atomic E-state index is 12.7. The maximum atomic E-state index is 12.7. The second-order valence-electron chi connectivity index (χ2n) is 6.62. The van der Waals surface area contributed by atoms with E-state index in [-0.39, 0.29) is 23.1 Å². The molecule has 0 bridgehead atoms. The number of nitrogens with zero attached hydrogens (tertiary/aromatic N) is 1. The summed E-state index contributed by atoms with van der Waals surface area (Å²) in [6.45, 7) is 1.55. The van der Waals surface area contributed by atoms with Crippen LogP contribution in [0.5, 0.6) is 11.5 Å². The van der Waals surface area contributed by atoms with Gasteiger partial charge in [-0.25, -0.2) is 0 Å². The topological polar surface area (TPSA) is 83.9 Å². The molecule has 0 spiro atoms. The van der Waals surface area contributed by atoms with E-state index in [0.29, 0.717) is 42.9 Å². The lowest BCUT2D eigenvalue weighted by atomic mass is 9.98. The Bertz CT molecular complexity index is 848. The number of ether oxygens (including phenoxy) is 1. The fourth-order valence-electron chi connectivity index (χ4n) is 3.30. The van der Waals surface area contributed by atoms with Gasteiger partial charge in [0.25, 0.3) is 5.91 Å². The summed E-state index contributed by atoms with van der Waals surface area (Å²) in [5, 5.41) is 9.72. The number of phenolic OH excluding ortho intramolecular Hbond substituents is 1. The molecule has 1 aliphatic heterocycles. The van der Waals surface area contributed by atoms with Crippen molar-refractivity contribution in [2.24, 2.45) is 5.92 Å². The van der Waals surface area contributed by atoms with Gasteiger partial charge >= 0.3 is 0 Å². The van der Waals surface area contributed by atoms with Crippen LogP contribution in [0.1, 0.15) is 43.9 Å². The van der Waals surface area contributed by atoms with Crippen LogP contribution in [0.25, 0.3) is 0 Å². The summed E-state index contributed by atoms with van der Waals surface area (Å²) >= 11 is 0. The number of carbonyl (C=O) groups excluding carboxylic acids is 3. The lowest BCUT2D eigenvalue weighted by Gasteiger charge is -2.33. The first kappa shape index (κ1) is 18.6. The van der Waals surface area contributed by atoms with Crippen LogP contribution in [-0.4, -0.2) is 48.2 Å². The van der Waals surface area contributed by atoms with Crippen molar-refractivity contribution in [2.75, 3.05) is 19.7 Å². The lowest BCUT2D eigenvalue weighted by Crippen LogP contribution is -2.41. The molecule has 1 N–H and O–H groups in total. The monoisotopic (exact) mass is 367 g/mol. The number of hydrogen-bond donors (Lipinski definition) is 1. The molecule has 0 saturated carbocycles. The van der Waals surface area contributed by atoms with Crippen molar-refractivity contribution in [1.82, 2.24) is 4.90 Å². The third kappa shape index (κ3) is 4.34. The zero-order valence-corrected chi connectivity index (χ0v) is 14.8. The van der Waals surface area contributed by atoms with Crippen LogP contribution in [0, 0.1) is 5.92 Å². The van der Waals surface area contributed by atoms with Crippen LogP contribution < -0.4 is 4.74 Å². The molecular weight excluding hydrogens is 346 g/mol. The van der Waals surface area contributed by atoms with Gasteiger partial charge in [-0.2, -0.15) is 0 Å². The summed E-state index contributed by atoms with van der Waals surface area (Å²) in [4.78, 5) is 36.5. The molecule has 0 aliphatic carbocycles. The van der Waals surface area contributed by atoms with Crippen LogP contribution in [0.2, 0.25) is 0 Å². The fraction of sp³-hybridized carbons (Fsp3) is 0.286. The average molecular weight is 367 g/mol. The van der Waals surface area contributed by atoms with Gasteiger partial charge in [-0.3, -0.25) is 14.4 Å². The number of aldehydes is 2. The second-order valence-corrected chi connectivity index (χ2v) is 6.62. The molecule has 1 heterocycles. The molecule has 3 rings (SSSR count). The lowest BCUT2D eigenvalue weighted by molar-refractivity contribution is 0.0633. The Labute approximate surface area is 157 Å². The number of phenols is 1. The zero-order chi connectivity index (χ0) is 19.2. The van der Waals surface area contributed by atoms with Gasteiger partial charge in [0.05, 0.1) is 12.2 Å². The molecule has 0 aromatic heterocycles. The Kier molecular flexibility index (Phi) is 5.86. The molecule has 1 fully saturated rings. The van der Waals surface area contributed by atoms with E-state index in [1.54, 1.807) is 41.3 Å². The number of amides is 1. The van der Waals surface area contributed by atoms with Crippen molar-refractivity contribution in [3.8, 4) is 11.5 Å². The SMILES string of the molecule is O=Cc1cccc(C(=O)N2CCC[C@H](COc3cccc(O)c3C=O)C2)c1. The predicted octanol–water partition coefficient (Wildman–Crippen LogP) is 2.95. The van der Waals surface area contributed by atoms with Gasteiger partial charge in [0, 0.05) is 30.1 Å². The van der Waals surface area contributed by atoms with Crippen molar-refractivity contribution < 1.29 is 24.2 Å². The molecule has 1 saturated heterocycles. The molecule has 2 aromatic carbocycles. The number of aromatic hydroxyl groups is 1.